The molecule has 3 rings (SSSR count). The highest BCUT2D eigenvalue weighted by atomic mass is 16.2. The number of amides is 3. The lowest BCUT2D eigenvalue weighted by Crippen LogP contribution is -2.55. The molecule has 3 amide bonds. The molecule has 1 saturated carbocycles. The summed E-state index contributed by atoms with van der Waals surface area (Å²) in [5, 5.41) is 3.05. The highest BCUT2D eigenvalue weighted by molar-refractivity contribution is 5.84. The van der Waals surface area contributed by atoms with Gasteiger partial charge in [-0.15, -0.1) is 0 Å². The fourth-order valence-electron chi connectivity index (χ4n) is 4.79. The van der Waals surface area contributed by atoms with Crippen LogP contribution in [0.25, 0.3) is 0 Å². The van der Waals surface area contributed by atoms with Crippen LogP contribution in [0, 0.1) is 0 Å². The lowest BCUT2D eigenvalue weighted by molar-refractivity contribution is -0.136. The molecule has 1 heterocycles. The molecule has 0 saturated heterocycles. The fraction of sp³-hybridized carbons (Fsp3) is 0.586. The molecule has 0 bridgehead atoms. The lowest BCUT2D eigenvalue weighted by atomic mass is 9.94. The van der Waals surface area contributed by atoms with E-state index in [1.165, 1.54) is 12.0 Å². The third-order valence-corrected chi connectivity index (χ3v) is 6.96. The third kappa shape index (κ3) is 7.87. The van der Waals surface area contributed by atoms with Crippen LogP contribution in [-0.4, -0.2) is 50.5 Å². The van der Waals surface area contributed by atoms with E-state index in [0.717, 1.165) is 44.3 Å². The zero-order valence-corrected chi connectivity index (χ0v) is 22.3. The van der Waals surface area contributed by atoms with Crippen molar-refractivity contribution in [1.29, 1.82) is 0 Å². The van der Waals surface area contributed by atoms with Crippen molar-refractivity contribution < 1.29 is 9.59 Å². The molecule has 0 unspecified atom stereocenters. The van der Waals surface area contributed by atoms with Crippen LogP contribution in [0.2, 0.25) is 0 Å². The predicted molar refractivity (Wildman–Crippen MR) is 142 cm³/mol. The van der Waals surface area contributed by atoms with Crippen LogP contribution in [0.5, 0.6) is 0 Å². The van der Waals surface area contributed by atoms with E-state index in [-0.39, 0.29) is 36.1 Å². The number of hydrogen-bond acceptors (Lipinski definition) is 2. The van der Waals surface area contributed by atoms with E-state index >= 15 is 0 Å². The Morgan fingerprint density at radius 1 is 1.06 bits per heavy atom. The first-order chi connectivity index (χ1) is 16.7. The summed E-state index contributed by atoms with van der Waals surface area (Å²) in [6.07, 6.45) is 8.49. The Hall–Kier alpha value is -2.76. The topological polar surface area (TPSA) is 57.6 Å². The Morgan fingerprint density at radius 2 is 1.74 bits per heavy atom. The summed E-state index contributed by atoms with van der Waals surface area (Å²) >= 11 is 0. The van der Waals surface area contributed by atoms with Crippen LogP contribution in [0.1, 0.15) is 84.4 Å². The highest BCUT2D eigenvalue weighted by Crippen LogP contribution is 2.25. The predicted octanol–water partition coefficient (Wildman–Crippen LogP) is 5.81. The second kappa shape index (κ2) is 12.3. The van der Waals surface area contributed by atoms with E-state index in [4.69, 9.17) is 0 Å². The molecule has 0 spiro atoms. The monoisotopic (exact) mass is 480 g/mol. The SMILES string of the molecule is CC[C@@H](C)N(CC(=O)N(Cc1cccn1Cc1ccccc1)C1CCCCC1)C(=O)NC(C)(C)C. The molecule has 1 N–H and O–H groups in total. The summed E-state index contributed by atoms with van der Waals surface area (Å²) in [4.78, 5) is 30.7. The minimum Gasteiger partial charge on any atom is -0.345 e. The average Bonchev–Trinajstić information content (AvgIpc) is 3.26. The van der Waals surface area contributed by atoms with Gasteiger partial charge in [0.25, 0.3) is 0 Å². The Balaban J connectivity index is 1.81. The van der Waals surface area contributed by atoms with Crippen molar-refractivity contribution >= 4 is 11.9 Å². The number of rotatable bonds is 9. The number of nitrogens with one attached hydrogen (secondary N) is 1. The average molecular weight is 481 g/mol. The summed E-state index contributed by atoms with van der Waals surface area (Å²) in [5.74, 6) is 0.0359. The molecule has 0 radical (unpaired) electrons. The maximum absolute atomic E-state index is 13.8. The Bertz CT molecular complexity index is 941. The molecule has 192 valence electrons. The van der Waals surface area contributed by atoms with Gasteiger partial charge in [0.1, 0.15) is 6.54 Å². The smallest absolute Gasteiger partial charge is 0.318 e. The minimum atomic E-state index is -0.354. The second-order valence-electron chi connectivity index (χ2n) is 11.0. The number of benzene rings is 1. The van der Waals surface area contributed by atoms with E-state index in [2.05, 4.69) is 64.3 Å². The zero-order chi connectivity index (χ0) is 25.4. The van der Waals surface area contributed by atoms with Crippen LogP contribution in [0.3, 0.4) is 0 Å². The number of aromatic nitrogens is 1. The molecule has 1 aliphatic carbocycles. The van der Waals surface area contributed by atoms with Gasteiger partial charge >= 0.3 is 6.03 Å². The maximum atomic E-state index is 13.8. The maximum Gasteiger partial charge on any atom is 0.318 e. The quantitative estimate of drug-likeness (QED) is 0.493. The highest BCUT2D eigenvalue weighted by Gasteiger charge is 2.31. The molecule has 1 aliphatic rings. The van der Waals surface area contributed by atoms with Crippen LogP contribution in [-0.2, 0) is 17.9 Å². The molecule has 2 aromatic rings. The fourth-order valence-corrected chi connectivity index (χ4v) is 4.79. The van der Waals surface area contributed by atoms with Crippen LogP contribution in [0.15, 0.2) is 48.7 Å². The van der Waals surface area contributed by atoms with E-state index in [9.17, 15) is 9.59 Å². The molecule has 35 heavy (non-hydrogen) atoms. The van der Waals surface area contributed by atoms with Gasteiger partial charge in [-0.05, 0) is 64.7 Å². The Kier molecular flexibility index (Phi) is 9.41. The van der Waals surface area contributed by atoms with Crippen molar-refractivity contribution in [1.82, 2.24) is 19.7 Å². The van der Waals surface area contributed by atoms with Gasteiger partial charge in [0.05, 0.1) is 6.54 Å². The molecular formula is C29H44N4O2. The zero-order valence-electron chi connectivity index (χ0n) is 22.3. The van der Waals surface area contributed by atoms with Crippen molar-refractivity contribution in [3.63, 3.8) is 0 Å². The Morgan fingerprint density at radius 3 is 2.37 bits per heavy atom. The van der Waals surface area contributed by atoms with Crippen LogP contribution in [0.4, 0.5) is 4.79 Å². The normalized spacial score (nSPS) is 15.5. The first-order valence-corrected chi connectivity index (χ1v) is 13.2. The van der Waals surface area contributed by atoms with E-state index in [1.54, 1.807) is 4.90 Å². The number of carbonyl (C=O) groups excluding carboxylic acids is 2. The van der Waals surface area contributed by atoms with Gasteiger partial charge in [-0.2, -0.15) is 0 Å². The molecular weight excluding hydrogens is 436 g/mol. The first kappa shape index (κ1) is 26.8. The third-order valence-electron chi connectivity index (χ3n) is 6.96. The largest absolute Gasteiger partial charge is 0.345 e. The van der Waals surface area contributed by atoms with Gasteiger partial charge in [0, 0.05) is 36.1 Å². The van der Waals surface area contributed by atoms with Gasteiger partial charge in [0.2, 0.25) is 5.91 Å². The van der Waals surface area contributed by atoms with E-state index in [1.807, 2.05) is 33.8 Å². The second-order valence-corrected chi connectivity index (χ2v) is 11.0. The summed E-state index contributed by atoms with van der Waals surface area (Å²) in [7, 11) is 0. The summed E-state index contributed by atoms with van der Waals surface area (Å²) in [6.45, 7) is 11.4. The lowest BCUT2D eigenvalue weighted by Gasteiger charge is -2.38. The molecule has 1 aromatic carbocycles. The molecule has 1 aromatic heterocycles. The molecule has 6 heteroatoms. The van der Waals surface area contributed by atoms with Crippen molar-refractivity contribution in [2.45, 2.75) is 104 Å². The summed E-state index contributed by atoms with van der Waals surface area (Å²) < 4.78 is 2.23. The standard InChI is InChI=1S/C29H44N4O2/c1-6-23(2)32(28(35)30-29(3,4)5)22-27(34)33(25-16-11-8-12-17-25)21-26-18-13-19-31(26)20-24-14-9-7-10-15-24/h7,9-10,13-15,18-19,23,25H,6,8,11-12,16-17,20-22H2,1-5H3,(H,30,35)/t23-/m1/s1. The van der Waals surface area contributed by atoms with Crippen molar-refractivity contribution in [2.75, 3.05) is 6.54 Å². The summed E-state index contributed by atoms with van der Waals surface area (Å²) in [5.41, 5.74) is 2.01. The summed E-state index contributed by atoms with van der Waals surface area (Å²) in [6, 6.07) is 14.6. The van der Waals surface area contributed by atoms with E-state index in [0.29, 0.717) is 6.54 Å². The number of nitrogens with zero attached hydrogens (tertiary/aromatic N) is 3. The van der Waals surface area contributed by atoms with Gasteiger partial charge < -0.3 is 19.7 Å². The number of urea groups is 1. The number of hydrogen-bond donors (Lipinski definition) is 1. The molecule has 1 fully saturated rings. The molecule has 6 nitrogen and oxygen atoms in total. The Labute approximate surface area is 211 Å². The van der Waals surface area contributed by atoms with Gasteiger partial charge in [-0.25, -0.2) is 4.79 Å². The van der Waals surface area contributed by atoms with Gasteiger partial charge in [-0.1, -0.05) is 56.5 Å². The minimum absolute atomic E-state index is 0.0172. The van der Waals surface area contributed by atoms with E-state index < -0.39 is 0 Å². The first-order valence-electron chi connectivity index (χ1n) is 13.2. The molecule has 0 aliphatic heterocycles. The van der Waals surface area contributed by atoms with Crippen molar-refractivity contribution in [2.24, 2.45) is 0 Å². The van der Waals surface area contributed by atoms with Crippen molar-refractivity contribution in [3.05, 3.63) is 59.9 Å². The number of carbonyl (C=O) groups is 2. The van der Waals surface area contributed by atoms with Gasteiger partial charge in [0.15, 0.2) is 0 Å². The van der Waals surface area contributed by atoms with Crippen LogP contribution < -0.4 is 5.32 Å². The molecule has 1 atom stereocenters. The van der Waals surface area contributed by atoms with Crippen molar-refractivity contribution in [3.8, 4) is 0 Å². The van der Waals surface area contributed by atoms with Gasteiger partial charge in [-0.3, -0.25) is 4.79 Å². The van der Waals surface area contributed by atoms with Crippen LogP contribution >= 0.6 is 0 Å².